The minimum Gasteiger partial charge on any atom is -0.486 e. The van der Waals surface area contributed by atoms with Crippen LogP contribution in [0.1, 0.15) is 10.9 Å². The number of fused-ring (bicyclic) bond motifs is 1. The minimum absolute atomic E-state index is 0.101. The van der Waals surface area contributed by atoms with Crippen LogP contribution in [-0.2, 0) is 4.79 Å². The van der Waals surface area contributed by atoms with Gasteiger partial charge in [0.05, 0.1) is 23.7 Å². The first-order chi connectivity index (χ1) is 16.8. The van der Waals surface area contributed by atoms with Gasteiger partial charge in [-0.1, -0.05) is 60.7 Å². The van der Waals surface area contributed by atoms with Crippen LogP contribution < -0.4 is 9.47 Å². The predicted molar refractivity (Wildman–Crippen MR) is 132 cm³/mol. The van der Waals surface area contributed by atoms with Crippen LogP contribution in [0.5, 0.6) is 11.5 Å². The Kier molecular flexibility index (Phi) is 5.47. The number of amides is 1. The monoisotopic (exact) mass is 469 g/mol. The molecule has 0 aliphatic carbocycles. The van der Waals surface area contributed by atoms with Crippen molar-refractivity contribution in [1.29, 1.82) is 0 Å². The fourth-order valence-electron chi connectivity index (χ4n) is 4.38. The van der Waals surface area contributed by atoms with Crippen molar-refractivity contribution in [2.24, 2.45) is 0 Å². The zero-order chi connectivity index (χ0) is 22.9. The Morgan fingerprint density at radius 2 is 1.62 bits per heavy atom. The number of para-hydroxylation sites is 3. The highest BCUT2D eigenvalue weighted by atomic mass is 32.2. The number of hydrogen-bond acceptors (Lipinski definition) is 5. The molecule has 0 radical (unpaired) electrons. The molecule has 1 amide bonds. The third-order valence-corrected chi connectivity index (χ3v) is 7.25. The molecule has 7 heteroatoms. The normalized spacial score (nSPS) is 19.4. The Hall–Kier alpha value is -3.71. The highest BCUT2D eigenvalue weighted by molar-refractivity contribution is 8.00. The number of carbonyl (C=O) groups is 1. The second-order valence-corrected chi connectivity index (χ2v) is 9.35. The summed E-state index contributed by atoms with van der Waals surface area (Å²) in [7, 11) is 0. The van der Waals surface area contributed by atoms with Crippen molar-refractivity contribution in [2.45, 2.75) is 11.5 Å². The van der Waals surface area contributed by atoms with Crippen molar-refractivity contribution in [3.05, 3.63) is 96.7 Å². The molecule has 0 saturated carbocycles. The number of rotatable bonds is 5. The van der Waals surface area contributed by atoms with Gasteiger partial charge in [-0.3, -0.25) is 4.79 Å². The van der Waals surface area contributed by atoms with Crippen LogP contribution in [0.25, 0.3) is 16.9 Å². The topological polar surface area (TPSA) is 56.6 Å². The van der Waals surface area contributed by atoms with Crippen LogP contribution in [0.15, 0.2) is 91.1 Å². The molecule has 3 heterocycles. The van der Waals surface area contributed by atoms with Crippen LogP contribution in [0.2, 0.25) is 0 Å². The van der Waals surface area contributed by atoms with Gasteiger partial charge in [0.15, 0.2) is 17.6 Å². The summed E-state index contributed by atoms with van der Waals surface area (Å²) in [5.41, 5.74) is 3.90. The smallest absolute Gasteiger partial charge is 0.233 e. The van der Waals surface area contributed by atoms with Gasteiger partial charge < -0.3 is 14.4 Å². The van der Waals surface area contributed by atoms with E-state index in [9.17, 15) is 4.79 Å². The lowest BCUT2D eigenvalue weighted by molar-refractivity contribution is -0.129. The van der Waals surface area contributed by atoms with E-state index >= 15 is 0 Å². The van der Waals surface area contributed by atoms with Crippen LogP contribution in [0.3, 0.4) is 0 Å². The highest BCUT2D eigenvalue weighted by Crippen LogP contribution is 2.43. The minimum atomic E-state index is -0.232. The standard InChI is InChI=1S/C27H23N3O3S/c31-25-18-34-27(29(25)15-21-17-32-23-13-7-8-14-24(23)33-21)22-16-30(20-11-5-2-6-12-20)28-26(22)19-9-3-1-4-10-19/h1-14,16,21,27H,15,17-18H2/t21-,27+/m1/s1. The summed E-state index contributed by atoms with van der Waals surface area (Å²) in [6.45, 7) is 0.864. The molecule has 2 atom stereocenters. The summed E-state index contributed by atoms with van der Waals surface area (Å²) < 4.78 is 14.0. The van der Waals surface area contributed by atoms with Gasteiger partial charge in [0, 0.05) is 17.3 Å². The molecular formula is C27H23N3O3S. The quantitative estimate of drug-likeness (QED) is 0.414. The molecule has 0 bridgehead atoms. The molecule has 6 nitrogen and oxygen atoms in total. The lowest BCUT2D eigenvalue weighted by Crippen LogP contribution is -2.42. The van der Waals surface area contributed by atoms with E-state index in [4.69, 9.17) is 14.6 Å². The Morgan fingerprint density at radius 1 is 0.912 bits per heavy atom. The predicted octanol–water partition coefficient (Wildman–Crippen LogP) is 4.95. The molecule has 1 saturated heterocycles. The van der Waals surface area contributed by atoms with E-state index in [0.717, 1.165) is 34.0 Å². The lowest BCUT2D eigenvalue weighted by Gasteiger charge is -2.32. The van der Waals surface area contributed by atoms with E-state index in [-0.39, 0.29) is 17.4 Å². The molecule has 0 unspecified atom stereocenters. The fourth-order valence-corrected chi connectivity index (χ4v) is 5.58. The number of nitrogens with zero attached hydrogens (tertiary/aromatic N) is 3. The van der Waals surface area contributed by atoms with Crippen LogP contribution >= 0.6 is 11.8 Å². The molecule has 0 N–H and O–H groups in total. The van der Waals surface area contributed by atoms with Gasteiger partial charge in [-0.05, 0) is 24.3 Å². The Morgan fingerprint density at radius 3 is 2.41 bits per heavy atom. The third-order valence-electron chi connectivity index (χ3n) is 6.01. The van der Waals surface area contributed by atoms with Crippen molar-refractivity contribution in [2.75, 3.05) is 18.9 Å². The molecule has 34 heavy (non-hydrogen) atoms. The number of thioether (sulfide) groups is 1. The first kappa shape index (κ1) is 20.9. The molecule has 1 aromatic heterocycles. The summed E-state index contributed by atoms with van der Waals surface area (Å²) in [6, 6.07) is 27.8. The average Bonchev–Trinajstić information content (AvgIpc) is 3.49. The van der Waals surface area contributed by atoms with Gasteiger partial charge in [0.1, 0.15) is 12.0 Å². The molecule has 1 fully saturated rings. The summed E-state index contributed by atoms with van der Waals surface area (Å²) in [5.74, 6) is 1.99. The van der Waals surface area contributed by atoms with Crippen molar-refractivity contribution in [3.8, 4) is 28.4 Å². The summed E-state index contributed by atoms with van der Waals surface area (Å²) >= 11 is 1.63. The summed E-state index contributed by atoms with van der Waals surface area (Å²) in [6.07, 6.45) is 1.82. The van der Waals surface area contributed by atoms with Crippen molar-refractivity contribution < 1.29 is 14.3 Å². The molecule has 4 aromatic rings. The Balaban J connectivity index is 1.34. The van der Waals surface area contributed by atoms with Crippen LogP contribution in [-0.4, -0.2) is 45.6 Å². The largest absolute Gasteiger partial charge is 0.486 e. The van der Waals surface area contributed by atoms with Crippen molar-refractivity contribution in [3.63, 3.8) is 0 Å². The third kappa shape index (κ3) is 3.92. The maximum Gasteiger partial charge on any atom is 0.233 e. The van der Waals surface area contributed by atoms with Crippen molar-refractivity contribution >= 4 is 17.7 Å². The molecule has 2 aliphatic rings. The molecule has 2 aliphatic heterocycles. The van der Waals surface area contributed by atoms with E-state index in [0.29, 0.717) is 18.9 Å². The first-order valence-electron chi connectivity index (χ1n) is 11.3. The fraction of sp³-hybridized carbons (Fsp3) is 0.185. The summed E-state index contributed by atoms with van der Waals surface area (Å²) in [5, 5.41) is 4.79. The van der Waals surface area contributed by atoms with Gasteiger partial charge in [0.25, 0.3) is 0 Å². The highest BCUT2D eigenvalue weighted by Gasteiger charge is 2.38. The second-order valence-electron chi connectivity index (χ2n) is 8.29. The molecule has 170 valence electrons. The van der Waals surface area contributed by atoms with Gasteiger partial charge in [-0.15, -0.1) is 11.8 Å². The number of benzene rings is 3. The van der Waals surface area contributed by atoms with E-state index in [1.165, 1.54) is 0 Å². The van der Waals surface area contributed by atoms with Crippen molar-refractivity contribution in [1.82, 2.24) is 14.7 Å². The number of ether oxygens (including phenoxy) is 2. The maximum absolute atomic E-state index is 13.0. The average molecular weight is 470 g/mol. The van der Waals surface area contributed by atoms with Crippen LogP contribution in [0.4, 0.5) is 0 Å². The SMILES string of the molecule is O=C1CS[C@@H](c2cn(-c3ccccc3)nc2-c2ccccc2)N1C[C@@H]1COc2ccccc2O1. The van der Waals surface area contributed by atoms with Gasteiger partial charge >= 0.3 is 0 Å². The molecule has 3 aromatic carbocycles. The molecular weight excluding hydrogens is 446 g/mol. The number of hydrogen-bond donors (Lipinski definition) is 0. The maximum atomic E-state index is 13.0. The van der Waals surface area contributed by atoms with Gasteiger partial charge in [0.2, 0.25) is 5.91 Å². The zero-order valence-corrected chi connectivity index (χ0v) is 19.2. The second kappa shape index (κ2) is 8.91. The van der Waals surface area contributed by atoms with E-state index in [1.807, 2.05) is 82.4 Å². The van der Waals surface area contributed by atoms with Crippen LogP contribution in [0, 0.1) is 0 Å². The van der Waals surface area contributed by atoms with Gasteiger partial charge in [-0.25, -0.2) is 4.68 Å². The molecule has 6 rings (SSSR count). The number of aromatic nitrogens is 2. The Bertz CT molecular complexity index is 1310. The van der Waals surface area contributed by atoms with E-state index < -0.39 is 0 Å². The van der Waals surface area contributed by atoms with Gasteiger partial charge in [-0.2, -0.15) is 5.10 Å². The molecule has 0 spiro atoms. The summed E-state index contributed by atoms with van der Waals surface area (Å²) in [4.78, 5) is 14.9. The van der Waals surface area contributed by atoms with E-state index in [2.05, 4.69) is 18.3 Å². The zero-order valence-electron chi connectivity index (χ0n) is 18.4. The van der Waals surface area contributed by atoms with E-state index in [1.54, 1.807) is 11.8 Å². The Labute approximate surface area is 202 Å². The lowest BCUT2D eigenvalue weighted by atomic mass is 10.1. The first-order valence-corrected chi connectivity index (χ1v) is 12.3. The number of carbonyl (C=O) groups excluding carboxylic acids is 1.